The summed E-state index contributed by atoms with van der Waals surface area (Å²) in [5.41, 5.74) is 5.20. The first-order valence-corrected chi connectivity index (χ1v) is 9.75. The maximum Gasteiger partial charge on any atom is 0.256 e. The molecule has 1 aromatic heterocycles. The molecule has 5 rings (SSSR count). The van der Waals surface area contributed by atoms with Crippen molar-refractivity contribution < 1.29 is 9.53 Å². The van der Waals surface area contributed by atoms with Crippen LogP contribution in [0.5, 0.6) is 5.75 Å². The zero-order valence-corrected chi connectivity index (χ0v) is 17.1. The third-order valence-electron chi connectivity index (χ3n) is 5.67. The number of nitrogens with one attached hydrogen (secondary N) is 1. The van der Waals surface area contributed by atoms with Crippen LogP contribution in [0.25, 0.3) is 33.3 Å². The van der Waals surface area contributed by atoms with Gasteiger partial charge in [-0.25, -0.2) is 0 Å². The van der Waals surface area contributed by atoms with Gasteiger partial charge in [0.25, 0.3) is 5.91 Å². The maximum absolute atomic E-state index is 12.9. The number of carbonyl (C=O) groups is 1. The molecule has 1 aliphatic heterocycles. The fourth-order valence-corrected chi connectivity index (χ4v) is 4.39. The van der Waals surface area contributed by atoms with Crippen LogP contribution >= 0.6 is 11.6 Å². The number of nitrogens with zero attached hydrogens (tertiary/aromatic N) is 1. The first-order valence-electron chi connectivity index (χ1n) is 9.37. The molecule has 5 heteroatoms. The normalized spacial score (nSPS) is 14.6. The maximum atomic E-state index is 12.9. The lowest BCUT2D eigenvalue weighted by Gasteiger charge is -2.06. The number of halogens is 1. The summed E-state index contributed by atoms with van der Waals surface area (Å²) in [6.07, 6.45) is 1.88. The van der Waals surface area contributed by atoms with E-state index in [4.69, 9.17) is 16.3 Å². The minimum absolute atomic E-state index is 0.122. The van der Waals surface area contributed by atoms with Gasteiger partial charge in [0.2, 0.25) is 0 Å². The largest absolute Gasteiger partial charge is 0.496 e. The Morgan fingerprint density at radius 3 is 2.69 bits per heavy atom. The number of rotatable bonds is 2. The first-order chi connectivity index (χ1) is 14.0. The van der Waals surface area contributed by atoms with Gasteiger partial charge in [-0.1, -0.05) is 48.0 Å². The second-order valence-electron chi connectivity index (χ2n) is 7.32. The summed E-state index contributed by atoms with van der Waals surface area (Å²) < 4.78 is 7.43. The second-order valence-corrected chi connectivity index (χ2v) is 7.68. The van der Waals surface area contributed by atoms with E-state index in [2.05, 4.69) is 11.4 Å². The molecule has 0 aliphatic carbocycles. The molecule has 4 nitrogen and oxygen atoms in total. The van der Waals surface area contributed by atoms with Gasteiger partial charge >= 0.3 is 0 Å². The summed E-state index contributed by atoms with van der Waals surface area (Å²) in [5.74, 6) is 0.671. The van der Waals surface area contributed by atoms with Crippen molar-refractivity contribution in [2.45, 2.75) is 6.92 Å². The Morgan fingerprint density at radius 2 is 1.90 bits per heavy atom. The van der Waals surface area contributed by atoms with Gasteiger partial charge in [-0.15, -0.1) is 0 Å². The van der Waals surface area contributed by atoms with Crippen molar-refractivity contribution in [1.29, 1.82) is 0 Å². The van der Waals surface area contributed by atoms with E-state index in [9.17, 15) is 4.79 Å². The first kappa shape index (κ1) is 17.8. The van der Waals surface area contributed by atoms with E-state index < -0.39 is 0 Å². The highest BCUT2D eigenvalue weighted by Crippen LogP contribution is 2.41. The van der Waals surface area contributed by atoms with Crippen LogP contribution in [0.1, 0.15) is 16.7 Å². The molecule has 4 aromatic rings. The fourth-order valence-electron chi connectivity index (χ4n) is 4.14. The minimum Gasteiger partial charge on any atom is -0.496 e. The number of amides is 1. The zero-order valence-electron chi connectivity index (χ0n) is 16.3. The molecule has 0 fully saturated rings. The molecule has 0 spiro atoms. The van der Waals surface area contributed by atoms with Gasteiger partial charge in [-0.3, -0.25) is 4.79 Å². The molecule has 1 amide bonds. The Bertz CT molecular complexity index is 1360. The Kier molecular flexibility index (Phi) is 3.93. The molecule has 0 bridgehead atoms. The average Bonchev–Trinajstić information content (AvgIpc) is 3.17. The molecular formula is C24H19ClN2O2. The van der Waals surface area contributed by atoms with Gasteiger partial charge in [-0.2, -0.15) is 0 Å². The Labute approximate surface area is 173 Å². The second kappa shape index (κ2) is 6.39. The quantitative estimate of drug-likeness (QED) is 0.431. The topological polar surface area (TPSA) is 43.3 Å². The van der Waals surface area contributed by atoms with Crippen LogP contribution in [0.3, 0.4) is 0 Å². The number of benzene rings is 3. The predicted molar refractivity (Wildman–Crippen MR) is 120 cm³/mol. The molecular weight excluding hydrogens is 384 g/mol. The molecule has 0 radical (unpaired) electrons. The fraction of sp³-hybridized carbons (Fsp3) is 0.125. The van der Waals surface area contributed by atoms with Crippen molar-refractivity contribution in [2.75, 3.05) is 12.4 Å². The summed E-state index contributed by atoms with van der Waals surface area (Å²) in [6, 6.07) is 16.1. The molecule has 0 saturated heterocycles. The number of fused-ring (bicyclic) bond motifs is 4. The van der Waals surface area contributed by atoms with Crippen LogP contribution in [0.15, 0.2) is 48.5 Å². The Morgan fingerprint density at radius 1 is 1.10 bits per heavy atom. The average molecular weight is 403 g/mol. The molecule has 0 unspecified atom stereocenters. The molecule has 29 heavy (non-hydrogen) atoms. The van der Waals surface area contributed by atoms with E-state index in [1.54, 1.807) is 7.11 Å². The molecule has 0 saturated carbocycles. The third kappa shape index (κ3) is 2.56. The number of anilines is 1. The van der Waals surface area contributed by atoms with Gasteiger partial charge in [0.15, 0.2) is 0 Å². The third-order valence-corrected chi connectivity index (χ3v) is 6.13. The number of ether oxygens (including phenoxy) is 1. The van der Waals surface area contributed by atoms with Gasteiger partial charge in [0.1, 0.15) is 10.9 Å². The lowest BCUT2D eigenvalue weighted by molar-refractivity contribution is -0.110. The zero-order chi connectivity index (χ0) is 20.3. The van der Waals surface area contributed by atoms with E-state index >= 15 is 0 Å². The van der Waals surface area contributed by atoms with E-state index in [0.29, 0.717) is 10.7 Å². The van der Waals surface area contributed by atoms with Crippen LogP contribution in [0.2, 0.25) is 5.15 Å². The van der Waals surface area contributed by atoms with Gasteiger partial charge in [0.05, 0.1) is 18.3 Å². The summed E-state index contributed by atoms with van der Waals surface area (Å²) in [7, 11) is 3.58. The van der Waals surface area contributed by atoms with Crippen LogP contribution in [0, 0.1) is 6.92 Å². The summed E-state index contributed by atoms with van der Waals surface area (Å²) in [6.45, 7) is 2.00. The summed E-state index contributed by atoms with van der Waals surface area (Å²) >= 11 is 6.68. The number of hydrogen-bond donors (Lipinski definition) is 1. The van der Waals surface area contributed by atoms with Crippen LogP contribution in [-0.2, 0) is 11.8 Å². The van der Waals surface area contributed by atoms with Crippen molar-refractivity contribution in [3.63, 3.8) is 0 Å². The monoisotopic (exact) mass is 402 g/mol. The molecule has 0 atom stereocenters. The van der Waals surface area contributed by atoms with E-state index in [-0.39, 0.29) is 5.91 Å². The predicted octanol–water partition coefficient (Wildman–Crippen LogP) is 5.79. The van der Waals surface area contributed by atoms with Crippen LogP contribution in [-0.4, -0.2) is 17.6 Å². The standard InChI is InChI=1S/C24H19ClN2O2/c1-13-10-20-17(12-21(13)29-3)18(23(25)27(20)2)11-19-16-9-8-14-6-4-5-7-15(14)22(16)26-24(19)28/h4-12H,1-3H3,(H,26,28)/b19-11+. The highest BCUT2D eigenvalue weighted by atomic mass is 35.5. The molecule has 3 aromatic carbocycles. The number of carbonyl (C=O) groups excluding carboxylic acids is 1. The van der Waals surface area contributed by atoms with Crippen molar-refractivity contribution in [1.82, 2.24) is 4.57 Å². The van der Waals surface area contributed by atoms with Gasteiger partial charge < -0.3 is 14.6 Å². The smallest absolute Gasteiger partial charge is 0.256 e. The highest BCUT2D eigenvalue weighted by molar-refractivity contribution is 6.39. The summed E-state index contributed by atoms with van der Waals surface area (Å²) in [5, 5.41) is 6.70. The molecule has 1 aliphatic rings. The van der Waals surface area contributed by atoms with Crippen molar-refractivity contribution in [3.8, 4) is 5.75 Å². The number of aryl methyl sites for hydroxylation is 2. The lowest BCUT2D eigenvalue weighted by Crippen LogP contribution is -2.03. The Balaban J connectivity index is 1.77. The van der Waals surface area contributed by atoms with Crippen molar-refractivity contribution in [2.24, 2.45) is 7.05 Å². The number of hydrogen-bond acceptors (Lipinski definition) is 2. The van der Waals surface area contributed by atoms with Crippen molar-refractivity contribution in [3.05, 3.63) is 70.4 Å². The van der Waals surface area contributed by atoms with Crippen molar-refractivity contribution >= 4 is 56.5 Å². The number of aromatic nitrogens is 1. The van der Waals surface area contributed by atoms with Crippen LogP contribution in [0.4, 0.5) is 5.69 Å². The highest BCUT2D eigenvalue weighted by Gasteiger charge is 2.27. The van der Waals surface area contributed by atoms with Gasteiger partial charge in [0, 0.05) is 34.5 Å². The van der Waals surface area contributed by atoms with E-state index in [1.165, 1.54) is 0 Å². The van der Waals surface area contributed by atoms with E-state index in [0.717, 1.165) is 49.8 Å². The lowest BCUT2D eigenvalue weighted by atomic mass is 9.99. The summed E-state index contributed by atoms with van der Waals surface area (Å²) in [4.78, 5) is 12.9. The molecule has 144 valence electrons. The molecule has 1 N–H and O–H groups in total. The molecule has 2 heterocycles. The van der Waals surface area contributed by atoms with Crippen LogP contribution < -0.4 is 10.1 Å². The number of methoxy groups -OCH3 is 1. The van der Waals surface area contributed by atoms with E-state index in [1.807, 2.05) is 67.1 Å². The minimum atomic E-state index is -0.122. The SMILES string of the molecule is COc1cc2c(/C=C3/C(=O)Nc4c3ccc3ccccc43)c(Cl)n(C)c2cc1C. The van der Waals surface area contributed by atoms with Gasteiger partial charge in [-0.05, 0) is 36.1 Å². The Hall–Kier alpha value is -3.24.